The predicted octanol–water partition coefficient (Wildman–Crippen LogP) is 1.45. The molecule has 2 fully saturated rings. The largest absolute Gasteiger partial charge is 0.372 e. The summed E-state index contributed by atoms with van der Waals surface area (Å²) in [6.07, 6.45) is 12.7. The van der Waals surface area contributed by atoms with Crippen molar-refractivity contribution in [3.63, 3.8) is 0 Å². The highest BCUT2D eigenvalue weighted by atomic mass is 16.2. The van der Waals surface area contributed by atoms with E-state index in [1.165, 1.54) is 5.56 Å². The summed E-state index contributed by atoms with van der Waals surface area (Å²) >= 11 is 0. The summed E-state index contributed by atoms with van der Waals surface area (Å²) in [6, 6.07) is 1.99. The third kappa shape index (κ3) is 4.17. The molecule has 1 spiro atoms. The topological polar surface area (TPSA) is 104 Å². The number of amides is 3. The van der Waals surface area contributed by atoms with Gasteiger partial charge >= 0.3 is 6.03 Å². The van der Waals surface area contributed by atoms with E-state index in [0.29, 0.717) is 30.8 Å². The molecule has 5 rings (SSSR count). The Balaban J connectivity index is 1.05. The van der Waals surface area contributed by atoms with Crippen LogP contribution in [0.2, 0.25) is 0 Å². The number of likely N-dealkylation sites (tertiary alicyclic amines) is 1. The van der Waals surface area contributed by atoms with Crippen molar-refractivity contribution in [2.24, 2.45) is 17.1 Å². The number of hydrogen-bond donors (Lipinski definition) is 3. The molecule has 3 amide bonds. The Morgan fingerprint density at radius 3 is 2.77 bits per heavy atom. The van der Waals surface area contributed by atoms with E-state index >= 15 is 0 Å². The van der Waals surface area contributed by atoms with E-state index in [-0.39, 0.29) is 18.1 Å². The number of urea groups is 1. The Hall–Kier alpha value is -2.87. The Labute approximate surface area is 182 Å². The number of pyridine rings is 1. The number of hydrogen-bond acceptors (Lipinski definition) is 5. The minimum Gasteiger partial charge on any atom is -0.372 e. The number of allylic oxidation sites excluding steroid dienone is 1. The lowest BCUT2D eigenvalue weighted by Gasteiger charge is -2.33. The molecule has 1 aromatic heterocycles. The standard InChI is InChI=1S/C23H30N6O2/c24-20-2-1-16(11-26-20)9-21(30)28-7-4-23(5-8-28)10-19(23)13-27-22(31)29-14-17-3-6-25-12-18(17)15-29/h1-3,6,11-12,19-20,26H,4-5,7-10,13-15,24H2,(H,27,31). The smallest absolute Gasteiger partial charge is 0.318 e. The molecule has 0 radical (unpaired) electrons. The molecule has 8 nitrogen and oxygen atoms in total. The molecule has 8 heteroatoms. The van der Waals surface area contributed by atoms with Gasteiger partial charge in [0.15, 0.2) is 0 Å². The second kappa shape index (κ2) is 8.00. The lowest BCUT2D eigenvalue weighted by Crippen LogP contribution is -2.41. The Morgan fingerprint density at radius 2 is 2.03 bits per heavy atom. The van der Waals surface area contributed by atoms with Crippen molar-refractivity contribution in [1.82, 2.24) is 25.4 Å². The SMILES string of the molecule is NC1C=CC(CC(=O)N2CCC3(CC2)CC3CNC(=O)N2Cc3ccncc3C2)=CN1. The number of nitrogens with two attached hydrogens (primary N) is 1. The van der Waals surface area contributed by atoms with Crippen LogP contribution in [0.5, 0.6) is 0 Å². The van der Waals surface area contributed by atoms with Gasteiger partial charge in [-0.3, -0.25) is 9.78 Å². The maximum atomic E-state index is 12.6. The summed E-state index contributed by atoms with van der Waals surface area (Å²) in [7, 11) is 0. The second-order valence-corrected chi connectivity index (χ2v) is 9.28. The maximum absolute atomic E-state index is 12.6. The van der Waals surface area contributed by atoms with Crippen LogP contribution in [0.1, 0.15) is 36.8 Å². The van der Waals surface area contributed by atoms with Crippen molar-refractivity contribution in [2.75, 3.05) is 19.6 Å². The number of aromatic nitrogens is 1. The number of rotatable bonds is 4. The number of carbonyl (C=O) groups excluding carboxylic acids is 2. The molecular formula is C23H30N6O2. The molecule has 1 aliphatic carbocycles. The lowest BCUT2D eigenvalue weighted by molar-refractivity contribution is -0.132. The van der Waals surface area contributed by atoms with E-state index in [0.717, 1.165) is 50.0 Å². The number of dihydropyridines is 1. The lowest BCUT2D eigenvalue weighted by atomic mass is 9.90. The first kappa shape index (κ1) is 20.1. The molecule has 1 saturated carbocycles. The van der Waals surface area contributed by atoms with E-state index < -0.39 is 0 Å². The second-order valence-electron chi connectivity index (χ2n) is 9.28. The predicted molar refractivity (Wildman–Crippen MR) is 116 cm³/mol. The first-order chi connectivity index (χ1) is 15.0. The van der Waals surface area contributed by atoms with Crippen molar-refractivity contribution in [3.8, 4) is 0 Å². The summed E-state index contributed by atoms with van der Waals surface area (Å²) in [5, 5.41) is 6.17. The molecular weight excluding hydrogens is 392 g/mol. The molecule has 1 aromatic rings. The fourth-order valence-electron chi connectivity index (χ4n) is 5.15. The zero-order valence-electron chi connectivity index (χ0n) is 17.7. The quantitative estimate of drug-likeness (QED) is 0.682. The van der Waals surface area contributed by atoms with Crippen LogP contribution in [0.3, 0.4) is 0 Å². The van der Waals surface area contributed by atoms with Crippen molar-refractivity contribution in [3.05, 3.63) is 53.5 Å². The van der Waals surface area contributed by atoms with E-state index in [2.05, 4.69) is 15.6 Å². The van der Waals surface area contributed by atoms with Gasteiger partial charge in [-0.2, -0.15) is 0 Å². The monoisotopic (exact) mass is 422 g/mol. The number of carbonyl (C=O) groups is 2. The van der Waals surface area contributed by atoms with Gasteiger partial charge in [0.25, 0.3) is 0 Å². The minimum absolute atomic E-state index is 0.00741. The molecule has 2 atom stereocenters. The van der Waals surface area contributed by atoms with Crippen molar-refractivity contribution in [1.29, 1.82) is 0 Å². The van der Waals surface area contributed by atoms with E-state index in [1.807, 2.05) is 40.4 Å². The third-order valence-corrected chi connectivity index (χ3v) is 7.32. The van der Waals surface area contributed by atoms with Gasteiger partial charge in [-0.15, -0.1) is 0 Å². The van der Waals surface area contributed by atoms with Gasteiger partial charge in [-0.05, 0) is 59.4 Å². The zero-order valence-corrected chi connectivity index (χ0v) is 17.7. The highest BCUT2D eigenvalue weighted by molar-refractivity contribution is 5.79. The van der Waals surface area contributed by atoms with Gasteiger partial charge in [0.1, 0.15) is 0 Å². The molecule has 1 saturated heterocycles. The normalized spacial score (nSPS) is 25.6. The number of nitrogens with zero attached hydrogens (tertiary/aromatic N) is 3. The van der Waals surface area contributed by atoms with Crippen LogP contribution in [0.25, 0.3) is 0 Å². The van der Waals surface area contributed by atoms with Crippen molar-refractivity contribution < 1.29 is 9.59 Å². The van der Waals surface area contributed by atoms with E-state index in [4.69, 9.17) is 5.73 Å². The first-order valence-electron chi connectivity index (χ1n) is 11.1. The molecule has 4 heterocycles. The maximum Gasteiger partial charge on any atom is 0.318 e. The molecule has 0 bridgehead atoms. The summed E-state index contributed by atoms with van der Waals surface area (Å²) in [4.78, 5) is 33.2. The van der Waals surface area contributed by atoms with E-state index in [1.54, 1.807) is 6.20 Å². The highest BCUT2D eigenvalue weighted by Crippen LogP contribution is 2.59. The Kier molecular flexibility index (Phi) is 5.17. The van der Waals surface area contributed by atoms with Crippen LogP contribution in [0, 0.1) is 11.3 Å². The van der Waals surface area contributed by atoms with Crippen LogP contribution >= 0.6 is 0 Å². The Bertz CT molecular complexity index is 909. The average molecular weight is 423 g/mol. The minimum atomic E-state index is -0.168. The van der Waals surface area contributed by atoms with Crippen molar-refractivity contribution in [2.45, 2.75) is 44.9 Å². The fourth-order valence-corrected chi connectivity index (χ4v) is 5.15. The van der Waals surface area contributed by atoms with Crippen LogP contribution < -0.4 is 16.4 Å². The van der Waals surface area contributed by atoms with Gasteiger partial charge < -0.3 is 26.2 Å². The first-order valence-corrected chi connectivity index (χ1v) is 11.1. The van der Waals surface area contributed by atoms with Crippen LogP contribution in [0.4, 0.5) is 4.79 Å². The molecule has 4 aliphatic rings. The third-order valence-electron chi connectivity index (χ3n) is 7.32. The van der Waals surface area contributed by atoms with Gasteiger partial charge in [0.05, 0.1) is 12.6 Å². The molecule has 164 valence electrons. The summed E-state index contributed by atoms with van der Waals surface area (Å²) in [5.41, 5.74) is 9.35. The summed E-state index contributed by atoms with van der Waals surface area (Å²) in [6.45, 7) is 3.63. The van der Waals surface area contributed by atoms with Crippen molar-refractivity contribution >= 4 is 11.9 Å². The number of fused-ring (bicyclic) bond motifs is 1. The van der Waals surface area contributed by atoms with Gasteiger partial charge in [-0.25, -0.2) is 4.79 Å². The number of nitrogens with one attached hydrogen (secondary N) is 2. The van der Waals surface area contributed by atoms with Gasteiger partial charge in [0, 0.05) is 51.3 Å². The Morgan fingerprint density at radius 1 is 1.23 bits per heavy atom. The molecule has 4 N–H and O–H groups in total. The molecule has 3 aliphatic heterocycles. The molecule has 0 aromatic carbocycles. The van der Waals surface area contributed by atoms with Crippen LogP contribution in [0.15, 0.2) is 42.4 Å². The number of piperidine rings is 1. The van der Waals surface area contributed by atoms with E-state index in [9.17, 15) is 9.59 Å². The molecule has 31 heavy (non-hydrogen) atoms. The average Bonchev–Trinajstić information content (AvgIpc) is 3.25. The van der Waals surface area contributed by atoms with Crippen LogP contribution in [-0.2, 0) is 17.9 Å². The van der Waals surface area contributed by atoms with Crippen LogP contribution in [-0.4, -0.2) is 52.5 Å². The summed E-state index contributed by atoms with van der Waals surface area (Å²) < 4.78 is 0. The van der Waals surface area contributed by atoms with Gasteiger partial charge in [-0.1, -0.05) is 6.08 Å². The van der Waals surface area contributed by atoms with Gasteiger partial charge in [0.2, 0.25) is 5.91 Å². The molecule has 2 unspecified atom stereocenters. The highest BCUT2D eigenvalue weighted by Gasteiger charge is 2.54. The fraction of sp³-hybridized carbons (Fsp3) is 0.522. The zero-order chi connectivity index (χ0) is 21.4. The summed E-state index contributed by atoms with van der Waals surface area (Å²) in [5.74, 6) is 0.701.